The van der Waals surface area contributed by atoms with Crippen LogP contribution in [-0.2, 0) is 0 Å². The number of carbonyl (C=O) groups excluding carboxylic acids is 1. The lowest BCUT2D eigenvalue weighted by Gasteiger charge is -2.18. The number of nitrogens with one attached hydrogen (secondary N) is 1. The number of rotatable bonds is 3. The van der Waals surface area contributed by atoms with Gasteiger partial charge in [-0.2, -0.15) is 0 Å². The van der Waals surface area contributed by atoms with Crippen molar-refractivity contribution in [3.05, 3.63) is 29.1 Å². The maximum atomic E-state index is 11.9. The van der Waals surface area contributed by atoms with Gasteiger partial charge >= 0.3 is 0 Å². The third-order valence-corrected chi connectivity index (χ3v) is 2.85. The summed E-state index contributed by atoms with van der Waals surface area (Å²) < 4.78 is 0. The molecular formula is C13H20N2O. The quantitative estimate of drug-likeness (QED) is 0.850. The number of amides is 1. The van der Waals surface area contributed by atoms with Crippen LogP contribution in [0.3, 0.4) is 0 Å². The predicted octanol–water partition coefficient (Wildman–Crippen LogP) is 2.47. The topological polar surface area (TPSA) is 42.0 Å². The molecule has 0 saturated carbocycles. The molecule has 0 saturated heterocycles. The normalized spacial score (nSPS) is 12.6. The molecule has 1 amide bonds. The number of carbonyl (C=O) groups is 1. The van der Waals surface area contributed by atoms with Crippen LogP contribution < -0.4 is 5.32 Å². The molecule has 1 unspecified atom stereocenters. The lowest BCUT2D eigenvalue weighted by molar-refractivity contribution is 0.0929. The van der Waals surface area contributed by atoms with Crippen LogP contribution in [0.4, 0.5) is 0 Å². The molecule has 1 heterocycles. The van der Waals surface area contributed by atoms with Gasteiger partial charge in [0.25, 0.3) is 5.91 Å². The summed E-state index contributed by atoms with van der Waals surface area (Å²) in [5, 5.41) is 2.98. The zero-order chi connectivity index (χ0) is 12.3. The second kappa shape index (κ2) is 5.10. The largest absolute Gasteiger partial charge is 0.349 e. The van der Waals surface area contributed by atoms with Gasteiger partial charge in [-0.3, -0.25) is 9.78 Å². The van der Waals surface area contributed by atoms with E-state index < -0.39 is 0 Å². The molecule has 1 aromatic heterocycles. The van der Waals surface area contributed by atoms with Gasteiger partial charge in [0.1, 0.15) is 0 Å². The summed E-state index contributed by atoms with van der Waals surface area (Å²) in [4.78, 5) is 16.1. The van der Waals surface area contributed by atoms with E-state index in [-0.39, 0.29) is 11.9 Å². The minimum absolute atomic E-state index is 0.0359. The fourth-order valence-corrected chi connectivity index (χ4v) is 1.39. The van der Waals surface area contributed by atoms with Gasteiger partial charge < -0.3 is 5.32 Å². The molecular weight excluding hydrogens is 200 g/mol. The number of hydrogen-bond acceptors (Lipinski definition) is 2. The van der Waals surface area contributed by atoms with Crippen molar-refractivity contribution in [2.24, 2.45) is 5.92 Å². The summed E-state index contributed by atoms with van der Waals surface area (Å²) in [5.41, 5.74) is 2.57. The van der Waals surface area contributed by atoms with Gasteiger partial charge in [0, 0.05) is 17.9 Å². The first kappa shape index (κ1) is 12.7. The minimum Gasteiger partial charge on any atom is -0.349 e. The third kappa shape index (κ3) is 3.05. The van der Waals surface area contributed by atoms with Crippen LogP contribution in [0.2, 0.25) is 0 Å². The van der Waals surface area contributed by atoms with E-state index in [2.05, 4.69) is 24.1 Å². The molecule has 3 nitrogen and oxygen atoms in total. The monoisotopic (exact) mass is 220 g/mol. The number of nitrogens with zero attached hydrogens (tertiary/aromatic N) is 1. The average Bonchev–Trinajstić information content (AvgIpc) is 2.16. The highest BCUT2D eigenvalue weighted by atomic mass is 16.1. The van der Waals surface area contributed by atoms with Crippen LogP contribution in [0.15, 0.2) is 12.3 Å². The van der Waals surface area contributed by atoms with E-state index in [1.807, 2.05) is 26.8 Å². The van der Waals surface area contributed by atoms with Gasteiger partial charge in [0.15, 0.2) is 0 Å². The van der Waals surface area contributed by atoms with Crippen molar-refractivity contribution in [1.82, 2.24) is 10.3 Å². The van der Waals surface area contributed by atoms with Crippen LogP contribution in [0, 0.1) is 19.8 Å². The molecule has 0 radical (unpaired) electrons. The Morgan fingerprint density at radius 1 is 1.31 bits per heavy atom. The summed E-state index contributed by atoms with van der Waals surface area (Å²) in [5.74, 6) is 0.397. The molecule has 1 N–H and O–H groups in total. The second-order valence-corrected chi connectivity index (χ2v) is 4.65. The Labute approximate surface area is 97.3 Å². The van der Waals surface area contributed by atoms with Crippen molar-refractivity contribution in [2.75, 3.05) is 0 Å². The molecule has 0 spiro atoms. The molecule has 0 aliphatic carbocycles. The predicted molar refractivity (Wildman–Crippen MR) is 65.5 cm³/mol. The van der Waals surface area contributed by atoms with Gasteiger partial charge in [-0.05, 0) is 38.3 Å². The van der Waals surface area contributed by atoms with Crippen LogP contribution >= 0.6 is 0 Å². The van der Waals surface area contributed by atoms with E-state index in [1.54, 1.807) is 6.20 Å². The molecule has 1 atom stereocenters. The highest BCUT2D eigenvalue weighted by molar-refractivity contribution is 5.95. The van der Waals surface area contributed by atoms with Crippen molar-refractivity contribution in [1.29, 1.82) is 0 Å². The lowest BCUT2D eigenvalue weighted by Crippen LogP contribution is -2.36. The number of aromatic nitrogens is 1. The van der Waals surface area contributed by atoms with Gasteiger partial charge in [-0.1, -0.05) is 13.8 Å². The van der Waals surface area contributed by atoms with E-state index in [1.165, 1.54) is 0 Å². The Hall–Kier alpha value is -1.38. The van der Waals surface area contributed by atoms with Gasteiger partial charge in [0.2, 0.25) is 0 Å². The molecule has 3 heteroatoms. The first-order valence-corrected chi connectivity index (χ1v) is 5.66. The van der Waals surface area contributed by atoms with E-state index in [9.17, 15) is 4.79 Å². The molecule has 0 aliphatic rings. The summed E-state index contributed by atoms with van der Waals surface area (Å²) >= 11 is 0. The summed E-state index contributed by atoms with van der Waals surface area (Å²) in [6.07, 6.45) is 1.65. The molecule has 0 fully saturated rings. The number of aryl methyl sites for hydroxylation is 2. The molecule has 16 heavy (non-hydrogen) atoms. The average molecular weight is 220 g/mol. The van der Waals surface area contributed by atoms with Crippen molar-refractivity contribution >= 4 is 5.91 Å². The fourth-order valence-electron chi connectivity index (χ4n) is 1.39. The van der Waals surface area contributed by atoms with Gasteiger partial charge in [-0.15, -0.1) is 0 Å². The maximum Gasteiger partial charge on any atom is 0.253 e. The first-order valence-electron chi connectivity index (χ1n) is 5.66. The fraction of sp³-hybridized carbons (Fsp3) is 0.538. The summed E-state index contributed by atoms with van der Waals surface area (Å²) in [6, 6.07) is 2.10. The van der Waals surface area contributed by atoms with Gasteiger partial charge in [0.05, 0.1) is 5.56 Å². The second-order valence-electron chi connectivity index (χ2n) is 4.65. The number of hydrogen-bond donors (Lipinski definition) is 1. The third-order valence-electron chi connectivity index (χ3n) is 2.85. The highest BCUT2D eigenvalue weighted by Crippen LogP contribution is 2.09. The minimum atomic E-state index is -0.0359. The Morgan fingerprint density at radius 3 is 2.44 bits per heavy atom. The molecule has 88 valence electrons. The van der Waals surface area contributed by atoms with E-state index >= 15 is 0 Å². The van der Waals surface area contributed by atoms with Crippen molar-refractivity contribution in [2.45, 2.75) is 40.7 Å². The maximum absolute atomic E-state index is 11.9. The smallest absolute Gasteiger partial charge is 0.253 e. The standard InChI is InChI=1S/C13H20N2O/c1-8(2)11(5)15-13(16)12-7-14-10(4)6-9(12)3/h6-8,11H,1-5H3,(H,15,16). The van der Waals surface area contributed by atoms with E-state index in [4.69, 9.17) is 0 Å². The van der Waals surface area contributed by atoms with E-state index in [0.29, 0.717) is 11.5 Å². The number of pyridine rings is 1. The lowest BCUT2D eigenvalue weighted by atomic mass is 10.1. The van der Waals surface area contributed by atoms with E-state index in [0.717, 1.165) is 11.3 Å². The molecule has 1 aromatic rings. The van der Waals surface area contributed by atoms with Crippen LogP contribution in [-0.4, -0.2) is 16.9 Å². The Kier molecular flexibility index (Phi) is 4.05. The van der Waals surface area contributed by atoms with Gasteiger partial charge in [-0.25, -0.2) is 0 Å². The van der Waals surface area contributed by atoms with Crippen molar-refractivity contribution in [3.63, 3.8) is 0 Å². The molecule has 0 aliphatic heterocycles. The Balaban J connectivity index is 2.81. The summed E-state index contributed by atoms with van der Waals surface area (Å²) in [7, 11) is 0. The van der Waals surface area contributed by atoms with Crippen LogP contribution in [0.25, 0.3) is 0 Å². The Morgan fingerprint density at radius 2 is 1.94 bits per heavy atom. The van der Waals surface area contributed by atoms with Crippen molar-refractivity contribution < 1.29 is 4.79 Å². The zero-order valence-electron chi connectivity index (χ0n) is 10.7. The molecule has 0 bridgehead atoms. The molecule has 1 rings (SSSR count). The zero-order valence-corrected chi connectivity index (χ0v) is 10.7. The van der Waals surface area contributed by atoms with Crippen molar-refractivity contribution in [3.8, 4) is 0 Å². The SMILES string of the molecule is Cc1cc(C)c(C(=O)NC(C)C(C)C)cn1. The highest BCUT2D eigenvalue weighted by Gasteiger charge is 2.14. The Bertz CT molecular complexity index is 386. The molecule has 0 aromatic carbocycles. The van der Waals surface area contributed by atoms with Crippen LogP contribution in [0.5, 0.6) is 0 Å². The first-order chi connectivity index (χ1) is 7.41. The van der Waals surface area contributed by atoms with Crippen LogP contribution in [0.1, 0.15) is 42.4 Å². The summed E-state index contributed by atoms with van der Waals surface area (Å²) in [6.45, 7) is 10.0.